The van der Waals surface area contributed by atoms with Crippen LogP contribution in [-0.4, -0.2) is 36.5 Å². The zero-order chi connectivity index (χ0) is 11.6. The van der Waals surface area contributed by atoms with Gasteiger partial charge in [-0.1, -0.05) is 6.92 Å². The molecule has 0 aromatic carbocycles. The summed E-state index contributed by atoms with van der Waals surface area (Å²) < 4.78 is 4.58. The van der Waals surface area contributed by atoms with E-state index >= 15 is 0 Å². The van der Waals surface area contributed by atoms with E-state index in [2.05, 4.69) is 10.1 Å². The summed E-state index contributed by atoms with van der Waals surface area (Å²) in [5, 5.41) is 11.1. The Labute approximate surface area is 85.6 Å². The summed E-state index contributed by atoms with van der Waals surface area (Å²) in [6.45, 7) is 9.20. The molecule has 0 fully saturated rings. The highest BCUT2D eigenvalue weighted by atomic mass is 16.6. The van der Waals surface area contributed by atoms with Crippen LogP contribution in [-0.2, 0) is 4.74 Å². The zero-order valence-corrected chi connectivity index (χ0v) is 9.46. The van der Waals surface area contributed by atoms with Crippen molar-refractivity contribution in [3.05, 3.63) is 0 Å². The number of primary amides is 1. The van der Waals surface area contributed by atoms with Crippen molar-refractivity contribution in [2.45, 2.75) is 33.3 Å². The molecule has 0 unspecified atom stereocenters. The Hall–Kier alpha value is -0.810. The molecule has 0 aliphatic carbocycles. The quantitative estimate of drug-likeness (QED) is 0.586. The SMILES string of the molecule is CC(C)(C)OC(N)=O.CCNCCO. The van der Waals surface area contributed by atoms with Crippen molar-refractivity contribution in [2.75, 3.05) is 19.7 Å². The van der Waals surface area contributed by atoms with Crippen molar-refractivity contribution >= 4 is 6.09 Å². The van der Waals surface area contributed by atoms with Crippen LogP contribution in [0.2, 0.25) is 0 Å². The first-order valence-corrected chi connectivity index (χ1v) is 4.63. The number of ether oxygens (including phenoxy) is 1. The van der Waals surface area contributed by atoms with E-state index in [9.17, 15) is 4.79 Å². The van der Waals surface area contributed by atoms with Crippen LogP contribution in [0.5, 0.6) is 0 Å². The summed E-state index contributed by atoms with van der Waals surface area (Å²) in [6.07, 6.45) is -0.725. The zero-order valence-electron chi connectivity index (χ0n) is 9.46. The minimum Gasteiger partial charge on any atom is -0.444 e. The van der Waals surface area contributed by atoms with Crippen molar-refractivity contribution in [2.24, 2.45) is 5.73 Å². The molecule has 0 aromatic rings. The molecule has 0 aliphatic heterocycles. The Morgan fingerprint density at radius 2 is 2.00 bits per heavy atom. The maximum absolute atomic E-state index is 10.0. The second-order valence-electron chi connectivity index (χ2n) is 3.61. The molecule has 4 N–H and O–H groups in total. The fraction of sp³-hybridized carbons (Fsp3) is 0.889. The Morgan fingerprint density at radius 1 is 1.50 bits per heavy atom. The van der Waals surface area contributed by atoms with Gasteiger partial charge in [-0.25, -0.2) is 4.79 Å². The van der Waals surface area contributed by atoms with Crippen LogP contribution in [0.15, 0.2) is 0 Å². The smallest absolute Gasteiger partial charge is 0.405 e. The van der Waals surface area contributed by atoms with Crippen molar-refractivity contribution in [3.8, 4) is 0 Å². The summed E-state index contributed by atoms with van der Waals surface area (Å²) >= 11 is 0. The van der Waals surface area contributed by atoms with Gasteiger partial charge in [0.05, 0.1) is 6.61 Å². The van der Waals surface area contributed by atoms with Crippen LogP contribution in [0.1, 0.15) is 27.7 Å². The monoisotopic (exact) mass is 206 g/mol. The van der Waals surface area contributed by atoms with Crippen LogP contribution in [0.25, 0.3) is 0 Å². The molecule has 0 spiro atoms. The first kappa shape index (κ1) is 15.7. The number of carbonyl (C=O) groups excluding carboxylic acids is 1. The van der Waals surface area contributed by atoms with Crippen LogP contribution in [0, 0.1) is 0 Å². The Balaban J connectivity index is 0. The van der Waals surface area contributed by atoms with Crippen LogP contribution >= 0.6 is 0 Å². The standard InChI is InChI=1S/C5H11NO2.C4H11NO/c1-5(2,3)8-4(6)7;1-2-5-3-4-6/h1-3H3,(H2,6,7);5-6H,2-4H2,1H3. The van der Waals surface area contributed by atoms with E-state index < -0.39 is 11.7 Å². The van der Waals surface area contributed by atoms with Gasteiger partial charge in [0.2, 0.25) is 0 Å². The third-order valence-electron chi connectivity index (χ3n) is 0.945. The minimum atomic E-state index is -0.725. The second kappa shape index (κ2) is 8.77. The highest BCUT2D eigenvalue weighted by Gasteiger charge is 2.12. The summed E-state index contributed by atoms with van der Waals surface area (Å²) in [6, 6.07) is 0. The molecular formula is C9H22N2O3. The lowest BCUT2D eigenvalue weighted by Gasteiger charge is -2.16. The number of nitrogens with two attached hydrogens (primary N) is 1. The van der Waals surface area contributed by atoms with Crippen LogP contribution in [0.4, 0.5) is 4.79 Å². The lowest BCUT2D eigenvalue weighted by atomic mass is 10.2. The molecule has 5 heteroatoms. The Kier molecular flexibility index (Phi) is 9.81. The number of likely N-dealkylation sites (N-methyl/N-ethyl adjacent to an activating group) is 1. The normalized spacial score (nSPS) is 10.1. The predicted octanol–water partition coefficient (Wildman–Crippen LogP) is 0.468. The molecule has 5 nitrogen and oxygen atoms in total. The van der Waals surface area contributed by atoms with Crippen LogP contribution in [0.3, 0.4) is 0 Å². The van der Waals surface area contributed by atoms with Crippen molar-refractivity contribution in [1.29, 1.82) is 0 Å². The van der Waals surface area contributed by atoms with E-state index in [0.29, 0.717) is 0 Å². The van der Waals surface area contributed by atoms with Crippen molar-refractivity contribution in [3.63, 3.8) is 0 Å². The highest BCUT2D eigenvalue weighted by molar-refractivity contribution is 5.65. The van der Waals surface area contributed by atoms with Gasteiger partial charge in [-0.05, 0) is 27.3 Å². The first-order chi connectivity index (χ1) is 6.33. The highest BCUT2D eigenvalue weighted by Crippen LogP contribution is 2.04. The summed E-state index contributed by atoms with van der Waals surface area (Å²) in [5.74, 6) is 0. The largest absolute Gasteiger partial charge is 0.444 e. The first-order valence-electron chi connectivity index (χ1n) is 4.63. The van der Waals surface area contributed by atoms with Crippen LogP contribution < -0.4 is 11.1 Å². The Bertz CT molecular complexity index is 139. The molecular weight excluding hydrogens is 184 g/mol. The molecule has 1 amide bonds. The summed E-state index contributed by atoms with van der Waals surface area (Å²) in [7, 11) is 0. The van der Waals surface area contributed by atoms with E-state index in [4.69, 9.17) is 10.8 Å². The number of aliphatic hydroxyl groups is 1. The van der Waals surface area contributed by atoms with Crippen molar-refractivity contribution in [1.82, 2.24) is 5.32 Å². The maximum atomic E-state index is 10.0. The average molecular weight is 206 g/mol. The summed E-state index contributed by atoms with van der Waals surface area (Å²) in [5.41, 5.74) is 4.26. The molecule has 0 rings (SSSR count). The number of hydrogen-bond acceptors (Lipinski definition) is 4. The maximum Gasteiger partial charge on any atom is 0.405 e. The number of nitrogens with one attached hydrogen (secondary N) is 1. The number of carbonyl (C=O) groups is 1. The average Bonchev–Trinajstić information content (AvgIpc) is 1.97. The van der Waals surface area contributed by atoms with Gasteiger partial charge in [-0.15, -0.1) is 0 Å². The van der Waals surface area contributed by atoms with Gasteiger partial charge >= 0.3 is 6.09 Å². The molecule has 0 saturated heterocycles. The van der Waals surface area contributed by atoms with E-state index in [1.54, 1.807) is 20.8 Å². The third kappa shape index (κ3) is 22.5. The summed E-state index contributed by atoms with van der Waals surface area (Å²) in [4.78, 5) is 10.0. The van der Waals surface area contributed by atoms with Gasteiger partial charge in [0.25, 0.3) is 0 Å². The number of hydrogen-bond donors (Lipinski definition) is 3. The predicted molar refractivity (Wildman–Crippen MR) is 56.1 cm³/mol. The molecule has 86 valence electrons. The number of amides is 1. The topological polar surface area (TPSA) is 84.6 Å². The molecule has 0 atom stereocenters. The molecule has 0 heterocycles. The third-order valence-corrected chi connectivity index (χ3v) is 0.945. The number of aliphatic hydroxyl groups excluding tert-OH is 1. The molecule has 0 bridgehead atoms. The lowest BCUT2D eigenvalue weighted by Crippen LogP contribution is -2.27. The van der Waals surface area contributed by atoms with Gasteiger partial charge < -0.3 is 20.9 Å². The Morgan fingerprint density at radius 3 is 2.07 bits per heavy atom. The van der Waals surface area contributed by atoms with Gasteiger partial charge in [0, 0.05) is 6.54 Å². The van der Waals surface area contributed by atoms with Gasteiger partial charge in [-0.2, -0.15) is 0 Å². The fourth-order valence-electron chi connectivity index (χ4n) is 0.558. The second-order valence-corrected chi connectivity index (χ2v) is 3.61. The fourth-order valence-corrected chi connectivity index (χ4v) is 0.558. The minimum absolute atomic E-state index is 0.244. The molecule has 14 heavy (non-hydrogen) atoms. The molecule has 0 aliphatic rings. The van der Waals surface area contributed by atoms with Gasteiger partial charge in [0.15, 0.2) is 0 Å². The molecule has 0 radical (unpaired) electrons. The number of rotatable bonds is 3. The van der Waals surface area contributed by atoms with E-state index in [1.165, 1.54) is 0 Å². The molecule has 0 aromatic heterocycles. The van der Waals surface area contributed by atoms with E-state index in [1.807, 2.05) is 6.92 Å². The lowest BCUT2D eigenvalue weighted by molar-refractivity contribution is 0.0600. The van der Waals surface area contributed by atoms with Crippen molar-refractivity contribution < 1.29 is 14.6 Å². The van der Waals surface area contributed by atoms with E-state index in [-0.39, 0.29) is 6.61 Å². The molecule has 0 saturated carbocycles. The van der Waals surface area contributed by atoms with Gasteiger partial charge in [0.1, 0.15) is 5.60 Å². The van der Waals surface area contributed by atoms with E-state index in [0.717, 1.165) is 13.1 Å². The van der Waals surface area contributed by atoms with Gasteiger partial charge in [-0.3, -0.25) is 0 Å².